The van der Waals surface area contributed by atoms with Crippen molar-refractivity contribution in [2.24, 2.45) is 5.41 Å². The average Bonchev–Trinajstić information content (AvgIpc) is 3.00. The number of rotatable bonds is 11. The molecular weight excluding hydrogens is 502 g/mol. The molecule has 1 aliphatic carbocycles. The van der Waals surface area contributed by atoms with Crippen LogP contribution in [0.1, 0.15) is 39.8 Å². The fraction of sp³-hybridized carbons (Fsp3) is 0.250. The highest BCUT2D eigenvalue weighted by Crippen LogP contribution is 2.41. The highest BCUT2D eigenvalue weighted by Gasteiger charge is 2.36. The Hall–Kier alpha value is -4.94. The molecular formula is C32H29N5O3. The van der Waals surface area contributed by atoms with E-state index in [1.165, 1.54) is 6.20 Å². The second-order valence-electron chi connectivity index (χ2n) is 9.40. The third-order valence-corrected chi connectivity index (χ3v) is 6.64. The van der Waals surface area contributed by atoms with Crippen molar-refractivity contribution in [3.63, 3.8) is 0 Å². The van der Waals surface area contributed by atoms with Crippen LogP contribution < -0.4 is 14.8 Å². The van der Waals surface area contributed by atoms with Crippen LogP contribution in [0.5, 0.6) is 11.5 Å². The van der Waals surface area contributed by atoms with Crippen molar-refractivity contribution < 1.29 is 14.6 Å². The van der Waals surface area contributed by atoms with E-state index in [4.69, 9.17) is 9.47 Å². The van der Waals surface area contributed by atoms with E-state index in [1.807, 2.05) is 61.5 Å². The van der Waals surface area contributed by atoms with Crippen LogP contribution in [0, 0.1) is 46.3 Å². The molecule has 0 radical (unpaired) electrons. The number of ether oxygens (including phenoxy) is 2. The number of benzene rings is 2. The normalized spacial score (nSPS) is 13.4. The second kappa shape index (κ2) is 13.2. The SMILES string of the molecule is Cc1cc(CNCCO)c(OCc2cncc(C#N)c2)cc1OCc1ccccc1C1=CC=CCC1(C#N)C#N. The van der Waals surface area contributed by atoms with Crippen molar-refractivity contribution in [2.45, 2.75) is 33.1 Å². The zero-order valence-corrected chi connectivity index (χ0v) is 22.2. The van der Waals surface area contributed by atoms with E-state index in [1.54, 1.807) is 12.3 Å². The molecule has 0 aliphatic heterocycles. The molecule has 0 atom stereocenters. The third kappa shape index (κ3) is 6.37. The van der Waals surface area contributed by atoms with Gasteiger partial charge in [0, 0.05) is 49.1 Å². The van der Waals surface area contributed by atoms with Gasteiger partial charge in [-0.3, -0.25) is 4.98 Å². The maximum absolute atomic E-state index is 9.87. The summed E-state index contributed by atoms with van der Waals surface area (Å²) in [5, 5.41) is 41.3. The van der Waals surface area contributed by atoms with Crippen LogP contribution in [-0.4, -0.2) is 23.2 Å². The molecule has 0 saturated carbocycles. The van der Waals surface area contributed by atoms with Gasteiger partial charge in [0.2, 0.25) is 0 Å². The maximum atomic E-state index is 9.87. The third-order valence-electron chi connectivity index (χ3n) is 6.64. The molecule has 0 unspecified atom stereocenters. The topological polar surface area (TPSA) is 135 Å². The maximum Gasteiger partial charge on any atom is 0.172 e. The monoisotopic (exact) mass is 531 g/mol. The lowest BCUT2D eigenvalue weighted by molar-refractivity contribution is 0.281. The van der Waals surface area contributed by atoms with Gasteiger partial charge in [0.1, 0.15) is 30.8 Å². The first-order valence-corrected chi connectivity index (χ1v) is 12.9. The Balaban J connectivity index is 1.60. The summed E-state index contributed by atoms with van der Waals surface area (Å²) in [6.07, 6.45) is 9.03. The lowest BCUT2D eigenvalue weighted by Crippen LogP contribution is -2.20. The lowest BCUT2D eigenvalue weighted by atomic mass is 9.73. The van der Waals surface area contributed by atoms with Gasteiger partial charge in [-0.2, -0.15) is 15.8 Å². The van der Waals surface area contributed by atoms with Gasteiger partial charge in [-0.15, -0.1) is 0 Å². The molecule has 3 aromatic rings. The van der Waals surface area contributed by atoms with E-state index in [9.17, 15) is 20.9 Å². The zero-order chi connectivity index (χ0) is 28.4. The predicted molar refractivity (Wildman–Crippen MR) is 149 cm³/mol. The Morgan fingerprint density at radius 3 is 2.58 bits per heavy atom. The Morgan fingerprint density at radius 1 is 1.00 bits per heavy atom. The molecule has 0 amide bonds. The van der Waals surface area contributed by atoms with Crippen molar-refractivity contribution in [2.75, 3.05) is 13.2 Å². The number of hydrogen-bond donors (Lipinski definition) is 2. The van der Waals surface area contributed by atoms with Crippen LogP contribution in [0.2, 0.25) is 0 Å². The van der Waals surface area contributed by atoms with E-state index < -0.39 is 5.41 Å². The number of aliphatic hydroxyl groups excluding tert-OH is 1. The molecule has 1 aromatic heterocycles. The lowest BCUT2D eigenvalue weighted by Gasteiger charge is -2.25. The second-order valence-corrected chi connectivity index (χ2v) is 9.40. The quantitative estimate of drug-likeness (QED) is 0.334. The number of aromatic nitrogens is 1. The molecule has 0 fully saturated rings. The van der Waals surface area contributed by atoms with Crippen LogP contribution in [0.25, 0.3) is 5.57 Å². The Kier molecular flexibility index (Phi) is 9.28. The summed E-state index contributed by atoms with van der Waals surface area (Å²) < 4.78 is 12.4. The van der Waals surface area contributed by atoms with E-state index >= 15 is 0 Å². The molecule has 2 aromatic carbocycles. The minimum Gasteiger partial charge on any atom is -0.488 e. The van der Waals surface area contributed by atoms with E-state index in [0.717, 1.165) is 27.8 Å². The fourth-order valence-electron chi connectivity index (χ4n) is 4.53. The number of aryl methyl sites for hydroxylation is 1. The van der Waals surface area contributed by atoms with Crippen molar-refractivity contribution in [1.82, 2.24) is 10.3 Å². The van der Waals surface area contributed by atoms with E-state index in [-0.39, 0.29) is 19.8 Å². The molecule has 8 heteroatoms. The Labute approximate surface area is 234 Å². The number of hydrogen-bond acceptors (Lipinski definition) is 8. The van der Waals surface area contributed by atoms with E-state index in [0.29, 0.717) is 42.1 Å². The van der Waals surface area contributed by atoms with Gasteiger partial charge in [0.05, 0.1) is 24.3 Å². The van der Waals surface area contributed by atoms with Gasteiger partial charge in [-0.1, -0.05) is 42.5 Å². The van der Waals surface area contributed by atoms with Crippen LogP contribution in [0.4, 0.5) is 0 Å². The highest BCUT2D eigenvalue weighted by atomic mass is 16.5. The number of aliphatic hydroxyl groups is 1. The van der Waals surface area contributed by atoms with Gasteiger partial charge >= 0.3 is 0 Å². The Morgan fingerprint density at radius 2 is 1.80 bits per heavy atom. The first-order chi connectivity index (χ1) is 19.5. The van der Waals surface area contributed by atoms with Gasteiger partial charge in [-0.25, -0.2) is 0 Å². The molecule has 0 spiro atoms. The van der Waals surface area contributed by atoms with Gasteiger partial charge in [0.25, 0.3) is 0 Å². The number of nitrogens with one attached hydrogen (secondary N) is 1. The van der Waals surface area contributed by atoms with Crippen molar-refractivity contribution in [1.29, 1.82) is 15.8 Å². The molecule has 200 valence electrons. The molecule has 1 heterocycles. The predicted octanol–water partition coefficient (Wildman–Crippen LogP) is 4.88. The molecule has 0 bridgehead atoms. The summed E-state index contributed by atoms with van der Waals surface area (Å²) in [5.74, 6) is 1.23. The zero-order valence-electron chi connectivity index (χ0n) is 22.2. The summed E-state index contributed by atoms with van der Waals surface area (Å²) in [5.41, 5.74) is 4.10. The fourth-order valence-corrected chi connectivity index (χ4v) is 4.53. The molecule has 4 rings (SSSR count). The van der Waals surface area contributed by atoms with Gasteiger partial charge < -0.3 is 19.9 Å². The van der Waals surface area contributed by atoms with Crippen molar-refractivity contribution >= 4 is 5.57 Å². The molecule has 8 nitrogen and oxygen atoms in total. The number of pyridine rings is 1. The van der Waals surface area contributed by atoms with Gasteiger partial charge in [-0.05, 0) is 41.3 Å². The van der Waals surface area contributed by atoms with Crippen molar-refractivity contribution in [3.8, 4) is 29.7 Å². The largest absolute Gasteiger partial charge is 0.488 e. The number of nitriles is 3. The smallest absolute Gasteiger partial charge is 0.172 e. The molecule has 40 heavy (non-hydrogen) atoms. The molecule has 0 saturated heterocycles. The average molecular weight is 532 g/mol. The van der Waals surface area contributed by atoms with Crippen LogP contribution in [0.3, 0.4) is 0 Å². The van der Waals surface area contributed by atoms with E-state index in [2.05, 4.69) is 28.5 Å². The van der Waals surface area contributed by atoms with Gasteiger partial charge in [0.15, 0.2) is 5.41 Å². The number of nitrogens with zero attached hydrogens (tertiary/aromatic N) is 4. The highest BCUT2D eigenvalue weighted by molar-refractivity contribution is 5.79. The Bertz CT molecular complexity index is 1540. The van der Waals surface area contributed by atoms with Crippen LogP contribution in [0.15, 0.2) is 73.1 Å². The standard InChI is InChI=1S/C32H29N5O3/c1-23-12-27(18-36-10-11-38)31(39-19-25-13-24(15-33)16-37-17-25)14-30(23)40-20-26-6-2-3-7-28(26)29-8-4-5-9-32(29,21-34)22-35/h2-8,12-14,16-17,36,38H,9-11,18-20H2,1H3. The summed E-state index contributed by atoms with van der Waals surface area (Å²) in [4.78, 5) is 4.10. The summed E-state index contributed by atoms with van der Waals surface area (Å²) in [6.45, 7) is 3.34. The first-order valence-electron chi connectivity index (χ1n) is 12.9. The summed E-state index contributed by atoms with van der Waals surface area (Å²) >= 11 is 0. The molecule has 2 N–H and O–H groups in total. The molecule has 1 aliphatic rings. The minimum atomic E-state index is -1.25. The minimum absolute atomic E-state index is 0.0213. The summed E-state index contributed by atoms with van der Waals surface area (Å²) in [7, 11) is 0. The summed E-state index contributed by atoms with van der Waals surface area (Å²) in [6, 6.07) is 19.7. The van der Waals surface area contributed by atoms with Crippen LogP contribution >= 0.6 is 0 Å². The number of allylic oxidation sites excluding steroid dienone is 4. The van der Waals surface area contributed by atoms with Crippen LogP contribution in [-0.2, 0) is 19.8 Å². The van der Waals surface area contributed by atoms with Crippen molar-refractivity contribution in [3.05, 3.63) is 106 Å². The first kappa shape index (κ1) is 28.1.